The van der Waals surface area contributed by atoms with Gasteiger partial charge in [0.15, 0.2) is 0 Å². The normalized spacial score (nSPS) is 15.9. The Labute approximate surface area is 102 Å². The molecule has 0 aromatic carbocycles. The van der Waals surface area contributed by atoms with Crippen molar-refractivity contribution in [3.63, 3.8) is 0 Å². The highest BCUT2D eigenvalue weighted by Gasteiger charge is 2.25. The molecular formula is C12H22N2O3. The van der Waals surface area contributed by atoms with Crippen LogP contribution in [0.15, 0.2) is 0 Å². The number of hydrogen-bond acceptors (Lipinski definition) is 3. The van der Waals surface area contributed by atoms with Crippen LogP contribution in [0.5, 0.6) is 0 Å². The largest absolute Gasteiger partial charge is 0.395 e. The quantitative estimate of drug-likeness (QED) is 0.702. The summed E-state index contributed by atoms with van der Waals surface area (Å²) in [5.41, 5.74) is 0. The number of amides is 2. The van der Waals surface area contributed by atoms with Gasteiger partial charge in [0.25, 0.3) is 0 Å². The standard InChI is InChI=1S/C12H22N2O3/c1-10(16)13-7-6-12(17)14(8-9-15)11-4-2-3-5-11/h11,15H,2-9H2,1H3,(H,13,16). The first-order valence-electron chi connectivity index (χ1n) is 6.30. The highest BCUT2D eigenvalue weighted by atomic mass is 16.3. The average Bonchev–Trinajstić information content (AvgIpc) is 2.78. The van der Waals surface area contributed by atoms with Crippen molar-refractivity contribution in [2.45, 2.75) is 45.1 Å². The van der Waals surface area contributed by atoms with Gasteiger partial charge >= 0.3 is 0 Å². The molecule has 0 bridgehead atoms. The molecule has 0 atom stereocenters. The maximum atomic E-state index is 12.0. The first-order chi connectivity index (χ1) is 8.15. The highest BCUT2D eigenvalue weighted by molar-refractivity contribution is 5.78. The van der Waals surface area contributed by atoms with Crippen LogP contribution in [0.4, 0.5) is 0 Å². The van der Waals surface area contributed by atoms with Crippen molar-refractivity contribution in [1.29, 1.82) is 0 Å². The van der Waals surface area contributed by atoms with Gasteiger partial charge in [-0.15, -0.1) is 0 Å². The van der Waals surface area contributed by atoms with Crippen LogP contribution < -0.4 is 5.32 Å². The molecule has 1 rings (SSSR count). The SMILES string of the molecule is CC(=O)NCCC(=O)N(CCO)C1CCCC1. The Morgan fingerprint density at radius 1 is 1.35 bits per heavy atom. The molecule has 0 aromatic rings. The lowest BCUT2D eigenvalue weighted by molar-refractivity contribution is -0.134. The minimum absolute atomic E-state index is 0.00236. The summed E-state index contributed by atoms with van der Waals surface area (Å²) in [6, 6.07) is 0.284. The Hall–Kier alpha value is -1.10. The highest BCUT2D eigenvalue weighted by Crippen LogP contribution is 2.23. The van der Waals surface area contributed by atoms with Gasteiger partial charge in [-0.25, -0.2) is 0 Å². The first kappa shape index (κ1) is 14.0. The molecule has 2 amide bonds. The van der Waals surface area contributed by atoms with Crippen LogP contribution in [-0.4, -0.2) is 47.6 Å². The lowest BCUT2D eigenvalue weighted by Gasteiger charge is -2.28. The Balaban J connectivity index is 2.39. The molecule has 0 radical (unpaired) electrons. The number of nitrogens with zero attached hydrogens (tertiary/aromatic N) is 1. The Morgan fingerprint density at radius 2 is 2.00 bits per heavy atom. The van der Waals surface area contributed by atoms with Crippen molar-refractivity contribution in [3.8, 4) is 0 Å². The van der Waals surface area contributed by atoms with Gasteiger partial charge in [-0.1, -0.05) is 12.8 Å². The summed E-state index contributed by atoms with van der Waals surface area (Å²) in [6.07, 6.45) is 4.70. The van der Waals surface area contributed by atoms with Crippen molar-refractivity contribution < 1.29 is 14.7 Å². The third-order valence-electron chi connectivity index (χ3n) is 3.14. The topological polar surface area (TPSA) is 69.6 Å². The first-order valence-corrected chi connectivity index (χ1v) is 6.30. The molecule has 0 heterocycles. The lowest BCUT2D eigenvalue weighted by Crippen LogP contribution is -2.42. The molecule has 2 N–H and O–H groups in total. The fourth-order valence-electron chi connectivity index (χ4n) is 2.32. The van der Waals surface area contributed by atoms with E-state index < -0.39 is 0 Å². The molecule has 17 heavy (non-hydrogen) atoms. The molecule has 1 saturated carbocycles. The molecule has 5 nitrogen and oxygen atoms in total. The zero-order valence-corrected chi connectivity index (χ0v) is 10.4. The fraction of sp³-hybridized carbons (Fsp3) is 0.833. The van der Waals surface area contributed by atoms with Crippen molar-refractivity contribution in [2.24, 2.45) is 0 Å². The number of aliphatic hydroxyl groups excluding tert-OH is 1. The smallest absolute Gasteiger partial charge is 0.224 e. The minimum Gasteiger partial charge on any atom is -0.395 e. The number of aliphatic hydroxyl groups is 1. The van der Waals surface area contributed by atoms with E-state index in [4.69, 9.17) is 5.11 Å². The summed E-state index contributed by atoms with van der Waals surface area (Å²) >= 11 is 0. The maximum absolute atomic E-state index is 12.0. The van der Waals surface area contributed by atoms with E-state index in [1.807, 2.05) is 0 Å². The van der Waals surface area contributed by atoms with Crippen LogP contribution in [0.25, 0.3) is 0 Å². The van der Waals surface area contributed by atoms with E-state index in [0.717, 1.165) is 25.7 Å². The molecular weight excluding hydrogens is 220 g/mol. The third-order valence-corrected chi connectivity index (χ3v) is 3.14. The Morgan fingerprint density at radius 3 is 2.53 bits per heavy atom. The van der Waals surface area contributed by atoms with Gasteiger partial charge in [0.05, 0.1) is 6.61 Å². The second-order valence-electron chi connectivity index (χ2n) is 4.48. The van der Waals surface area contributed by atoms with E-state index in [0.29, 0.717) is 19.5 Å². The second-order valence-corrected chi connectivity index (χ2v) is 4.48. The minimum atomic E-state index is -0.118. The van der Waals surface area contributed by atoms with Crippen LogP contribution in [0.2, 0.25) is 0 Å². The van der Waals surface area contributed by atoms with Crippen LogP contribution in [0.1, 0.15) is 39.0 Å². The van der Waals surface area contributed by atoms with Gasteiger partial charge in [0.2, 0.25) is 11.8 Å². The van der Waals surface area contributed by atoms with Crippen molar-refractivity contribution >= 4 is 11.8 Å². The molecule has 0 aromatic heterocycles. The summed E-state index contributed by atoms with van der Waals surface area (Å²) in [5, 5.41) is 11.6. The summed E-state index contributed by atoms with van der Waals surface area (Å²) < 4.78 is 0. The zero-order valence-electron chi connectivity index (χ0n) is 10.4. The van der Waals surface area contributed by atoms with Crippen molar-refractivity contribution in [2.75, 3.05) is 19.7 Å². The van der Waals surface area contributed by atoms with Gasteiger partial charge in [-0.3, -0.25) is 9.59 Å². The number of nitrogens with one attached hydrogen (secondary N) is 1. The summed E-state index contributed by atoms with van der Waals surface area (Å²) in [5.74, 6) is -0.0907. The summed E-state index contributed by atoms with van der Waals surface area (Å²) in [7, 11) is 0. The fourth-order valence-corrected chi connectivity index (χ4v) is 2.32. The molecule has 0 unspecified atom stereocenters. The van der Waals surface area contributed by atoms with E-state index in [1.165, 1.54) is 6.92 Å². The number of carbonyl (C=O) groups excluding carboxylic acids is 2. The van der Waals surface area contributed by atoms with Gasteiger partial charge in [-0.2, -0.15) is 0 Å². The van der Waals surface area contributed by atoms with Gasteiger partial charge in [0.1, 0.15) is 0 Å². The number of rotatable bonds is 6. The van der Waals surface area contributed by atoms with Gasteiger partial charge < -0.3 is 15.3 Å². The zero-order chi connectivity index (χ0) is 12.7. The van der Waals surface area contributed by atoms with E-state index in [2.05, 4.69) is 5.32 Å². The summed E-state index contributed by atoms with van der Waals surface area (Å²) in [6.45, 7) is 2.22. The molecule has 5 heteroatoms. The van der Waals surface area contributed by atoms with Crippen LogP contribution >= 0.6 is 0 Å². The van der Waals surface area contributed by atoms with E-state index in [1.54, 1.807) is 4.90 Å². The molecule has 0 spiro atoms. The number of hydrogen-bond donors (Lipinski definition) is 2. The molecule has 0 aliphatic heterocycles. The van der Waals surface area contributed by atoms with Crippen LogP contribution in [0, 0.1) is 0 Å². The van der Waals surface area contributed by atoms with Gasteiger partial charge in [0, 0.05) is 32.5 Å². The van der Waals surface area contributed by atoms with Crippen LogP contribution in [-0.2, 0) is 9.59 Å². The number of carbonyl (C=O) groups is 2. The Kier molecular flexibility index (Phi) is 5.97. The molecule has 0 saturated heterocycles. The third kappa shape index (κ3) is 4.73. The molecule has 1 fully saturated rings. The lowest BCUT2D eigenvalue weighted by atomic mass is 10.2. The van der Waals surface area contributed by atoms with Gasteiger partial charge in [-0.05, 0) is 12.8 Å². The van der Waals surface area contributed by atoms with E-state index >= 15 is 0 Å². The summed E-state index contributed by atoms with van der Waals surface area (Å²) in [4.78, 5) is 24.4. The maximum Gasteiger partial charge on any atom is 0.224 e. The Bertz CT molecular complexity index is 262. The molecule has 1 aliphatic carbocycles. The van der Waals surface area contributed by atoms with Crippen molar-refractivity contribution in [1.82, 2.24) is 10.2 Å². The second kappa shape index (κ2) is 7.27. The van der Waals surface area contributed by atoms with Crippen molar-refractivity contribution in [3.05, 3.63) is 0 Å². The molecule has 98 valence electrons. The predicted octanol–water partition coefficient (Wildman–Crippen LogP) is 0.276. The van der Waals surface area contributed by atoms with Crippen LogP contribution in [0.3, 0.4) is 0 Å². The predicted molar refractivity (Wildman–Crippen MR) is 64.4 cm³/mol. The van der Waals surface area contributed by atoms with E-state index in [9.17, 15) is 9.59 Å². The molecule has 1 aliphatic rings. The average molecular weight is 242 g/mol. The van der Waals surface area contributed by atoms with E-state index in [-0.39, 0.29) is 24.5 Å². The monoisotopic (exact) mass is 242 g/mol.